The zero-order chi connectivity index (χ0) is 13.3. The van der Waals surface area contributed by atoms with Crippen molar-refractivity contribution in [2.24, 2.45) is 17.3 Å². The van der Waals surface area contributed by atoms with Crippen LogP contribution in [0.25, 0.3) is 0 Å². The Hall–Kier alpha value is -0.860. The number of carbonyl (C=O) groups excluding carboxylic acids is 2. The summed E-state index contributed by atoms with van der Waals surface area (Å²) in [5, 5.41) is 0. The number of esters is 1. The van der Waals surface area contributed by atoms with Crippen LogP contribution >= 0.6 is 0 Å². The number of fused-ring (bicyclic) bond motifs is 1. The smallest absolute Gasteiger partial charge is 0.302 e. The van der Waals surface area contributed by atoms with Gasteiger partial charge in [-0.25, -0.2) is 0 Å². The molecule has 2 rings (SSSR count). The summed E-state index contributed by atoms with van der Waals surface area (Å²) in [6.45, 7) is 5.25. The second kappa shape index (κ2) is 5.02. The van der Waals surface area contributed by atoms with E-state index in [-0.39, 0.29) is 29.2 Å². The summed E-state index contributed by atoms with van der Waals surface area (Å²) in [5.41, 5.74) is 0.101. The average molecular weight is 252 g/mol. The van der Waals surface area contributed by atoms with Gasteiger partial charge >= 0.3 is 5.97 Å². The van der Waals surface area contributed by atoms with Crippen molar-refractivity contribution >= 4 is 11.8 Å². The lowest BCUT2D eigenvalue weighted by Gasteiger charge is -2.46. The summed E-state index contributed by atoms with van der Waals surface area (Å²) in [6, 6.07) is 0. The molecule has 0 heterocycles. The van der Waals surface area contributed by atoms with Crippen LogP contribution in [0.2, 0.25) is 0 Å². The number of hydrogen-bond acceptors (Lipinski definition) is 3. The average Bonchev–Trinajstić information content (AvgIpc) is 2.73. The van der Waals surface area contributed by atoms with Crippen molar-refractivity contribution in [1.82, 2.24) is 0 Å². The molecule has 0 aromatic heterocycles. The summed E-state index contributed by atoms with van der Waals surface area (Å²) >= 11 is 0. The van der Waals surface area contributed by atoms with Crippen molar-refractivity contribution in [2.45, 2.75) is 65.4 Å². The SMILES string of the molecule is CC(=O)OC1CCCC2(C(C)C(C)=O)CCCC12. The Bertz CT molecular complexity index is 350. The zero-order valence-corrected chi connectivity index (χ0v) is 11.7. The molecule has 0 radical (unpaired) electrons. The number of carbonyl (C=O) groups is 2. The highest BCUT2D eigenvalue weighted by Crippen LogP contribution is 2.57. The van der Waals surface area contributed by atoms with E-state index in [2.05, 4.69) is 6.92 Å². The van der Waals surface area contributed by atoms with E-state index in [0.717, 1.165) is 32.1 Å². The molecule has 0 amide bonds. The summed E-state index contributed by atoms with van der Waals surface area (Å²) in [7, 11) is 0. The minimum absolute atomic E-state index is 0.0422. The molecule has 0 bridgehead atoms. The van der Waals surface area contributed by atoms with Crippen molar-refractivity contribution < 1.29 is 14.3 Å². The van der Waals surface area contributed by atoms with E-state index in [1.807, 2.05) is 0 Å². The summed E-state index contributed by atoms with van der Waals surface area (Å²) in [4.78, 5) is 23.0. The first-order valence-electron chi connectivity index (χ1n) is 7.15. The normalized spacial score (nSPS) is 36.8. The van der Waals surface area contributed by atoms with Crippen LogP contribution in [0.4, 0.5) is 0 Å². The molecule has 0 N–H and O–H groups in total. The maximum absolute atomic E-state index is 11.8. The van der Waals surface area contributed by atoms with Gasteiger partial charge in [-0.05, 0) is 44.4 Å². The van der Waals surface area contributed by atoms with Gasteiger partial charge in [0.2, 0.25) is 0 Å². The molecule has 4 atom stereocenters. The van der Waals surface area contributed by atoms with Gasteiger partial charge in [-0.2, -0.15) is 0 Å². The van der Waals surface area contributed by atoms with Gasteiger partial charge in [-0.1, -0.05) is 13.3 Å². The highest BCUT2D eigenvalue weighted by molar-refractivity contribution is 5.79. The van der Waals surface area contributed by atoms with E-state index in [1.54, 1.807) is 6.92 Å². The lowest BCUT2D eigenvalue weighted by Crippen LogP contribution is -2.46. The molecule has 0 aromatic carbocycles. The first-order valence-corrected chi connectivity index (χ1v) is 7.15. The number of hydrogen-bond donors (Lipinski definition) is 0. The molecule has 2 aliphatic rings. The van der Waals surface area contributed by atoms with Crippen molar-refractivity contribution in [3.05, 3.63) is 0 Å². The largest absolute Gasteiger partial charge is 0.462 e. The van der Waals surface area contributed by atoms with E-state index in [9.17, 15) is 9.59 Å². The summed E-state index contributed by atoms with van der Waals surface area (Å²) in [5.74, 6) is 0.598. The second-order valence-electron chi connectivity index (χ2n) is 6.10. The monoisotopic (exact) mass is 252 g/mol. The third-order valence-electron chi connectivity index (χ3n) is 5.26. The molecular weight excluding hydrogens is 228 g/mol. The van der Waals surface area contributed by atoms with Crippen LogP contribution in [0.1, 0.15) is 59.3 Å². The van der Waals surface area contributed by atoms with E-state index in [0.29, 0.717) is 5.92 Å². The fourth-order valence-corrected chi connectivity index (χ4v) is 4.34. The third kappa shape index (κ3) is 2.19. The minimum atomic E-state index is -0.182. The number of ketones is 1. The van der Waals surface area contributed by atoms with Gasteiger partial charge in [0.15, 0.2) is 0 Å². The first kappa shape index (κ1) is 13.6. The molecule has 0 saturated heterocycles. The lowest BCUT2D eigenvalue weighted by molar-refractivity contribution is -0.157. The minimum Gasteiger partial charge on any atom is -0.462 e. The molecule has 0 spiro atoms. The molecule has 4 unspecified atom stereocenters. The molecule has 18 heavy (non-hydrogen) atoms. The molecule has 102 valence electrons. The van der Waals surface area contributed by atoms with Crippen LogP contribution in [0.3, 0.4) is 0 Å². The Kier molecular flexibility index (Phi) is 3.79. The Morgan fingerprint density at radius 2 is 1.78 bits per heavy atom. The molecule has 2 fully saturated rings. The Balaban J connectivity index is 2.23. The van der Waals surface area contributed by atoms with Crippen molar-refractivity contribution in [1.29, 1.82) is 0 Å². The third-order valence-corrected chi connectivity index (χ3v) is 5.26. The quantitative estimate of drug-likeness (QED) is 0.725. The predicted octanol–water partition coefficient (Wildman–Crippen LogP) is 3.11. The van der Waals surface area contributed by atoms with Crippen molar-refractivity contribution in [2.75, 3.05) is 0 Å². The van der Waals surface area contributed by atoms with E-state index < -0.39 is 0 Å². The van der Waals surface area contributed by atoms with Gasteiger partial charge in [0, 0.05) is 18.8 Å². The topological polar surface area (TPSA) is 43.4 Å². The molecule has 2 aliphatic carbocycles. The van der Waals surface area contributed by atoms with Gasteiger partial charge in [-0.3, -0.25) is 9.59 Å². The maximum atomic E-state index is 11.8. The lowest BCUT2D eigenvalue weighted by atomic mass is 9.60. The predicted molar refractivity (Wildman–Crippen MR) is 69.0 cm³/mol. The van der Waals surface area contributed by atoms with Crippen molar-refractivity contribution in [3.63, 3.8) is 0 Å². The molecular formula is C15H24O3. The van der Waals surface area contributed by atoms with Crippen LogP contribution < -0.4 is 0 Å². The molecule has 3 nitrogen and oxygen atoms in total. The summed E-state index contributed by atoms with van der Waals surface area (Å²) in [6.07, 6.45) is 6.60. The number of Topliss-reactive ketones (excluding diaryl/α,β-unsaturated/α-hetero) is 1. The number of ether oxygens (including phenoxy) is 1. The maximum Gasteiger partial charge on any atom is 0.302 e. The fourth-order valence-electron chi connectivity index (χ4n) is 4.34. The van der Waals surface area contributed by atoms with Crippen LogP contribution in [0, 0.1) is 17.3 Å². The van der Waals surface area contributed by atoms with E-state index in [4.69, 9.17) is 4.74 Å². The van der Waals surface area contributed by atoms with Crippen LogP contribution in [-0.2, 0) is 14.3 Å². The fraction of sp³-hybridized carbons (Fsp3) is 0.867. The highest BCUT2D eigenvalue weighted by atomic mass is 16.5. The van der Waals surface area contributed by atoms with Crippen LogP contribution in [-0.4, -0.2) is 17.9 Å². The van der Waals surface area contributed by atoms with Crippen LogP contribution in [0.5, 0.6) is 0 Å². The Morgan fingerprint density at radius 3 is 2.33 bits per heavy atom. The van der Waals surface area contributed by atoms with E-state index >= 15 is 0 Å². The first-order chi connectivity index (χ1) is 8.47. The van der Waals surface area contributed by atoms with Crippen LogP contribution in [0.15, 0.2) is 0 Å². The molecule has 0 aromatic rings. The highest BCUT2D eigenvalue weighted by Gasteiger charge is 2.53. The van der Waals surface area contributed by atoms with Gasteiger partial charge in [0.05, 0.1) is 0 Å². The Labute approximate surface area is 109 Å². The van der Waals surface area contributed by atoms with Gasteiger partial charge in [-0.15, -0.1) is 0 Å². The molecule has 2 saturated carbocycles. The molecule has 3 heteroatoms. The summed E-state index contributed by atoms with van der Waals surface area (Å²) < 4.78 is 5.51. The Morgan fingerprint density at radius 1 is 1.17 bits per heavy atom. The van der Waals surface area contributed by atoms with Gasteiger partial charge in [0.1, 0.15) is 11.9 Å². The van der Waals surface area contributed by atoms with Gasteiger partial charge in [0.25, 0.3) is 0 Å². The number of rotatable bonds is 3. The standard InChI is InChI=1S/C15H24O3/c1-10(11(2)16)15-8-4-6-13(15)14(7-5-9-15)18-12(3)17/h10,13-14H,4-9H2,1-3H3. The zero-order valence-electron chi connectivity index (χ0n) is 11.7. The van der Waals surface area contributed by atoms with E-state index in [1.165, 1.54) is 13.3 Å². The van der Waals surface area contributed by atoms with Crippen molar-refractivity contribution in [3.8, 4) is 0 Å². The molecule has 0 aliphatic heterocycles. The second-order valence-corrected chi connectivity index (χ2v) is 6.10. The van der Waals surface area contributed by atoms with Gasteiger partial charge < -0.3 is 4.74 Å².